The Balaban J connectivity index is 1.59. The molecular weight excluding hydrogens is 361 g/mol. The molecule has 0 amide bonds. The predicted molar refractivity (Wildman–Crippen MR) is 96.9 cm³/mol. The van der Waals surface area contributed by atoms with Crippen molar-refractivity contribution in [1.82, 2.24) is 14.9 Å². The van der Waals surface area contributed by atoms with E-state index in [1.165, 1.54) is 13.3 Å². The van der Waals surface area contributed by atoms with Crippen LogP contribution in [-0.4, -0.2) is 41.0 Å². The van der Waals surface area contributed by atoms with E-state index in [1.807, 2.05) is 12.3 Å². The first kappa shape index (κ1) is 18.1. The zero-order valence-electron chi connectivity index (χ0n) is 13.9. The highest BCUT2D eigenvalue weighted by Gasteiger charge is 2.24. The molecule has 25 heavy (non-hydrogen) atoms. The number of methoxy groups -OCH3 is 1. The van der Waals surface area contributed by atoms with E-state index in [0.717, 1.165) is 37.2 Å². The lowest BCUT2D eigenvalue weighted by Crippen LogP contribution is -2.21. The van der Waals surface area contributed by atoms with Crippen molar-refractivity contribution in [2.24, 2.45) is 5.92 Å². The van der Waals surface area contributed by atoms with Gasteiger partial charge in [0.05, 0.1) is 28.4 Å². The van der Waals surface area contributed by atoms with E-state index in [0.29, 0.717) is 28.1 Å². The van der Waals surface area contributed by atoms with E-state index in [2.05, 4.69) is 14.9 Å². The number of nitrogens with zero attached hydrogens (tertiary/aromatic N) is 3. The molecule has 1 fully saturated rings. The molecule has 1 saturated heterocycles. The molecule has 0 bridgehead atoms. The number of hydrogen-bond donors (Lipinski definition) is 0. The van der Waals surface area contributed by atoms with Gasteiger partial charge in [-0.25, -0.2) is 4.79 Å². The number of carbonyl (C=O) groups is 1. The summed E-state index contributed by atoms with van der Waals surface area (Å²) in [4.78, 5) is 22.4. The van der Waals surface area contributed by atoms with Gasteiger partial charge in [0.1, 0.15) is 0 Å². The van der Waals surface area contributed by atoms with Crippen LogP contribution < -0.4 is 0 Å². The lowest BCUT2D eigenvalue weighted by molar-refractivity contribution is 0.0600. The number of esters is 1. The first-order valence-electron chi connectivity index (χ1n) is 8.09. The number of ether oxygens (including phenoxy) is 1. The van der Waals surface area contributed by atoms with Crippen molar-refractivity contribution in [3.63, 3.8) is 0 Å². The molecule has 7 heteroatoms. The summed E-state index contributed by atoms with van der Waals surface area (Å²) < 4.78 is 4.75. The minimum absolute atomic E-state index is 0.356. The normalized spacial score (nSPS) is 17.6. The van der Waals surface area contributed by atoms with E-state index in [4.69, 9.17) is 27.9 Å². The molecule has 5 nitrogen and oxygen atoms in total. The fraction of sp³-hybridized carbons (Fsp3) is 0.389. The molecule has 1 unspecified atom stereocenters. The quantitative estimate of drug-likeness (QED) is 0.742. The maximum atomic E-state index is 11.6. The van der Waals surface area contributed by atoms with Gasteiger partial charge in [0.15, 0.2) is 0 Å². The molecule has 0 radical (unpaired) electrons. The number of rotatable bonds is 5. The van der Waals surface area contributed by atoms with Crippen LogP contribution >= 0.6 is 23.2 Å². The number of hydrogen-bond acceptors (Lipinski definition) is 5. The molecule has 1 atom stereocenters. The highest BCUT2D eigenvalue weighted by atomic mass is 35.5. The van der Waals surface area contributed by atoms with Crippen LogP contribution in [0.25, 0.3) is 0 Å². The van der Waals surface area contributed by atoms with Crippen LogP contribution in [0.2, 0.25) is 10.0 Å². The second kappa shape index (κ2) is 8.13. The first-order valence-corrected chi connectivity index (χ1v) is 8.85. The molecule has 0 N–H and O–H groups in total. The van der Waals surface area contributed by atoms with Gasteiger partial charge in [0, 0.05) is 31.7 Å². The SMILES string of the molecule is COC(=O)c1cncc(CC2CCN(Cc3ncc(Cl)cc3Cl)C2)c1. The Kier molecular flexibility index (Phi) is 5.89. The van der Waals surface area contributed by atoms with Gasteiger partial charge in [0.25, 0.3) is 0 Å². The monoisotopic (exact) mass is 379 g/mol. The maximum Gasteiger partial charge on any atom is 0.339 e. The maximum absolute atomic E-state index is 11.6. The van der Waals surface area contributed by atoms with Gasteiger partial charge in [0.2, 0.25) is 0 Å². The fourth-order valence-corrected chi connectivity index (χ4v) is 3.60. The lowest BCUT2D eigenvalue weighted by Gasteiger charge is -2.16. The topological polar surface area (TPSA) is 55.3 Å². The highest BCUT2D eigenvalue weighted by Crippen LogP contribution is 2.25. The molecule has 1 aliphatic rings. The van der Waals surface area contributed by atoms with Gasteiger partial charge < -0.3 is 4.74 Å². The van der Waals surface area contributed by atoms with Gasteiger partial charge >= 0.3 is 5.97 Å². The van der Waals surface area contributed by atoms with Gasteiger partial charge in [-0.3, -0.25) is 14.9 Å². The van der Waals surface area contributed by atoms with Gasteiger partial charge in [-0.1, -0.05) is 23.2 Å². The summed E-state index contributed by atoms with van der Waals surface area (Å²) in [6.07, 6.45) is 6.95. The van der Waals surface area contributed by atoms with Gasteiger partial charge in [-0.15, -0.1) is 0 Å². The molecule has 2 aromatic heterocycles. The van der Waals surface area contributed by atoms with E-state index < -0.39 is 0 Å². The summed E-state index contributed by atoms with van der Waals surface area (Å²) in [5.74, 6) is 0.159. The third-order valence-corrected chi connectivity index (χ3v) is 4.90. The summed E-state index contributed by atoms with van der Waals surface area (Å²) in [5, 5.41) is 1.15. The summed E-state index contributed by atoms with van der Waals surface area (Å²) in [5.41, 5.74) is 2.39. The Morgan fingerprint density at radius 2 is 2.16 bits per heavy atom. The Hall–Kier alpha value is -1.69. The van der Waals surface area contributed by atoms with Crippen molar-refractivity contribution in [3.8, 4) is 0 Å². The zero-order chi connectivity index (χ0) is 17.8. The number of aromatic nitrogens is 2. The molecule has 132 valence electrons. The fourth-order valence-electron chi connectivity index (χ4n) is 3.16. The second-order valence-electron chi connectivity index (χ2n) is 6.25. The van der Waals surface area contributed by atoms with Crippen molar-refractivity contribution in [2.45, 2.75) is 19.4 Å². The molecule has 2 aromatic rings. The molecule has 3 heterocycles. The summed E-state index contributed by atoms with van der Waals surface area (Å²) in [7, 11) is 1.37. The number of likely N-dealkylation sites (tertiary alicyclic amines) is 1. The number of carbonyl (C=O) groups excluding carboxylic acids is 1. The summed E-state index contributed by atoms with van der Waals surface area (Å²) in [6.45, 7) is 2.67. The Morgan fingerprint density at radius 1 is 1.32 bits per heavy atom. The minimum Gasteiger partial charge on any atom is -0.465 e. The van der Waals surface area contributed by atoms with E-state index in [9.17, 15) is 4.79 Å². The Morgan fingerprint density at radius 3 is 2.92 bits per heavy atom. The third kappa shape index (κ3) is 4.69. The first-order chi connectivity index (χ1) is 12.0. The molecule has 1 aliphatic heterocycles. The van der Waals surface area contributed by atoms with Crippen molar-refractivity contribution in [1.29, 1.82) is 0 Å². The van der Waals surface area contributed by atoms with Crippen molar-refractivity contribution in [2.75, 3.05) is 20.2 Å². The number of halogens is 2. The van der Waals surface area contributed by atoms with E-state index in [-0.39, 0.29) is 5.97 Å². The third-order valence-electron chi connectivity index (χ3n) is 4.37. The summed E-state index contributed by atoms with van der Waals surface area (Å²) in [6, 6.07) is 3.59. The average Bonchev–Trinajstić information content (AvgIpc) is 3.04. The molecule has 0 saturated carbocycles. The van der Waals surface area contributed by atoms with Crippen LogP contribution in [0.4, 0.5) is 0 Å². The average molecular weight is 380 g/mol. The van der Waals surface area contributed by atoms with Crippen molar-refractivity contribution < 1.29 is 9.53 Å². The number of pyridine rings is 2. The van der Waals surface area contributed by atoms with Crippen LogP contribution in [0, 0.1) is 5.92 Å². The van der Waals surface area contributed by atoms with Crippen LogP contribution in [0.15, 0.2) is 30.7 Å². The molecule has 0 spiro atoms. The zero-order valence-corrected chi connectivity index (χ0v) is 15.4. The molecule has 0 aliphatic carbocycles. The van der Waals surface area contributed by atoms with Gasteiger partial charge in [-0.2, -0.15) is 0 Å². The lowest BCUT2D eigenvalue weighted by atomic mass is 9.99. The molecule has 0 aromatic carbocycles. The smallest absolute Gasteiger partial charge is 0.339 e. The standard InChI is InChI=1S/C18H19Cl2N3O2/c1-25-18(24)14-5-13(7-21-8-14)4-12-2-3-23(10-12)11-17-16(20)6-15(19)9-22-17/h5-9,12H,2-4,10-11H2,1H3. The molecular formula is C18H19Cl2N3O2. The largest absolute Gasteiger partial charge is 0.465 e. The second-order valence-corrected chi connectivity index (χ2v) is 7.09. The predicted octanol–water partition coefficient (Wildman–Crippen LogP) is 3.63. The van der Waals surface area contributed by atoms with Crippen LogP contribution in [0.3, 0.4) is 0 Å². The van der Waals surface area contributed by atoms with Gasteiger partial charge in [-0.05, 0) is 43.0 Å². The Bertz CT molecular complexity index is 770. The van der Waals surface area contributed by atoms with Crippen molar-refractivity contribution in [3.05, 3.63) is 57.6 Å². The van der Waals surface area contributed by atoms with Crippen LogP contribution in [-0.2, 0) is 17.7 Å². The van der Waals surface area contributed by atoms with E-state index >= 15 is 0 Å². The highest BCUT2D eigenvalue weighted by molar-refractivity contribution is 6.34. The summed E-state index contributed by atoms with van der Waals surface area (Å²) >= 11 is 12.1. The minimum atomic E-state index is -0.356. The molecule has 3 rings (SSSR count). The van der Waals surface area contributed by atoms with Crippen LogP contribution in [0.1, 0.15) is 28.0 Å². The van der Waals surface area contributed by atoms with E-state index in [1.54, 1.807) is 12.3 Å². The Labute approximate surface area is 156 Å². The van der Waals surface area contributed by atoms with Crippen LogP contribution in [0.5, 0.6) is 0 Å². The van der Waals surface area contributed by atoms with Crippen molar-refractivity contribution >= 4 is 29.2 Å².